The molecule has 0 atom stereocenters. The van der Waals surface area contributed by atoms with Crippen LogP contribution in [-0.2, 0) is 9.53 Å². The summed E-state index contributed by atoms with van der Waals surface area (Å²) >= 11 is 0. The topological polar surface area (TPSA) is 55.4 Å². The zero-order valence-electron chi connectivity index (χ0n) is 13.1. The molecule has 0 fully saturated rings. The minimum absolute atomic E-state index is 0.0405. The summed E-state index contributed by atoms with van der Waals surface area (Å²) in [5.41, 5.74) is 1.20. The zero-order valence-corrected chi connectivity index (χ0v) is 13.1. The van der Waals surface area contributed by atoms with Crippen molar-refractivity contribution in [2.45, 2.75) is 46.5 Å². The van der Waals surface area contributed by atoms with Crippen LogP contribution in [0.1, 0.15) is 56.8 Å². The molecule has 0 saturated carbocycles. The molecule has 0 aromatic heterocycles. The molecule has 0 aliphatic rings. The van der Waals surface area contributed by atoms with Crippen LogP contribution >= 0.6 is 0 Å². The number of benzene rings is 1. The molecule has 4 heteroatoms. The van der Waals surface area contributed by atoms with Gasteiger partial charge in [-0.05, 0) is 30.7 Å². The molecule has 1 aromatic rings. The smallest absolute Gasteiger partial charge is 0.338 e. The Bertz CT molecular complexity index is 452. The van der Waals surface area contributed by atoms with Crippen LogP contribution in [0.25, 0.3) is 0 Å². The second-order valence-electron chi connectivity index (χ2n) is 5.42. The first kappa shape index (κ1) is 17.2. The molecule has 1 N–H and O–H groups in total. The Hall–Kier alpha value is -1.84. The molecule has 0 heterocycles. The van der Waals surface area contributed by atoms with E-state index in [0.717, 1.165) is 19.3 Å². The molecule has 21 heavy (non-hydrogen) atoms. The largest absolute Gasteiger partial charge is 0.462 e. The number of carbonyl (C=O) groups is 2. The SMILES string of the molecule is CCCCCCOC(=O)c1ccc(NC(=O)C(C)C)cc1. The van der Waals surface area contributed by atoms with Crippen LogP contribution in [0.4, 0.5) is 5.69 Å². The summed E-state index contributed by atoms with van der Waals surface area (Å²) in [7, 11) is 0. The number of nitrogens with one attached hydrogen (secondary N) is 1. The molecular formula is C17H25NO3. The molecule has 0 aliphatic heterocycles. The molecule has 0 bridgehead atoms. The zero-order chi connectivity index (χ0) is 15.7. The molecule has 1 amide bonds. The van der Waals surface area contributed by atoms with Gasteiger partial charge in [0.15, 0.2) is 0 Å². The van der Waals surface area contributed by atoms with Crippen molar-refractivity contribution in [3.8, 4) is 0 Å². The van der Waals surface area contributed by atoms with Crippen LogP contribution in [0.15, 0.2) is 24.3 Å². The fraction of sp³-hybridized carbons (Fsp3) is 0.529. The third-order valence-corrected chi connectivity index (χ3v) is 3.14. The lowest BCUT2D eigenvalue weighted by Gasteiger charge is -2.08. The lowest BCUT2D eigenvalue weighted by atomic mass is 10.1. The first-order valence-corrected chi connectivity index (χ1v) is 7.62. The maximum Gasteiger partial charge on any atom is 0.338 e. The Morgan fingerprint density at radius 1 is 1.10 bits per heavy atom. The van der Waals surface area contributed by atoms with Gasteiger partial charge in [-0.1, -0.05) is 40.0 Å². The number of hydrogen-bond donors (Lipinski definition) is 1. The minimum Gasteiger partial charge on any atom is -0.462 e. The van der Waals surface area contributed by atoms with Crippen molar-refractivity contribution in [1.29, 1.82) is 0 Å². The highest BCUT2D eigenvalue weighted by molar-refractivity contribution is 5.93. The van der Waals surface area contributed by atoms with Crippen LogP contribution in [-0.4, -0.2) is 18.5 Å². The van der Waals surface area contributed by atoms with Crippen LogP contribution in [0.3, 0.4) is 0 Å². The van der Waals surface area contributed by atoms with Gasteiger partial charge in [-0.25, -0.2) is 4.79 Å². The van der Waals surface area contributed by atoms with Crippen molar-refractivity contribution in [3.63, 3.8) is 0 Å². The second kappa shape index (κ2) is 9.16. The van der Waals surface area contributed by atoms with Crippen molar-refractivity contribution in [2.75, 3.05) is 11.9 Å². The average molecular weight is 291 g/mol. The molecule has 0 spiro atoms. The van der Waals surface area contributed by atoms with Crippen LogP contribution in [0, 0.1) is 5.92 Å². The summed E-state index contributed by atoms with van der Waals surface area (Å²) in [6, 6.07) is 6.77. The lowest BCUT2D eigenvalue weighted by molar-refractivity contribution is -0.118. The Labute approximate surface area is 126 Å². The van der Waals surface area contributed by atoms with Gasteiger partial charge in [0, 0.05) is 11.6 Å². The quantitative estimate of drug-likeness (QED) is 0.581. The number of carbonyl (C=O) groups excluding carboxylic acids is 2. The van der Waals surface area contributed by atoms with Gasteiger partial charge in [0.2, 0.25) is 5.91 Å². The number of esters is 1. The summed E-state index contributed by atoms with van der Waals surface area (Å²) in [6.45, 7) is 6.27. The first-order chi connectivity index (χ1) is 10.0. The van der Waals surface area contributed by atoms with Crippen molar-refractivity contribution < 1.29 is 14.3 Å². The molecule has 0 radical (unpaired) electrons. The minimum atomic E-state index is -0.312. The predicted molar refractivity (Wildman–Crippen MR) is 84.3 cm³/mol. The van der Waals surface area contributed by atoms with Gasteiger partial charge in [0.1, 0.15) is 0 Å². The van der Waals surface area contributed by atoms with Crippen molar-refractivity contribution in [1.82, 2.24) is 0 Å². The highest BCUT2D eigenvalue weighted by atomic mass is 16.5. The third kappa shape index (κ3) is 6.43. The second-order valence-corrected chi connectivity index (χ2v) is 5.42. The van der Waals surface area contributed by atoms with E-state index in [9.17, 15) is 9.59 Å². The van der Waals surface area contributed by atoms with Gasteiger partial charge >= 0.3 is 5.97 Å². The highest BCUT2D eigenvalue weighted by Gasteiger charge is 2.09. The van der Waals surface area contributed by atoms with Gasteiger partial charge < -0.3 is 10.1 Å². The Morgan fingerprint density at radius 3 is 2.33 bits per heavy atom. The van der Waals surface area contributed by atoms with Crippen LogP contribution in [0.5, 0.6) is 0 Å². The Balaban J connectivity index is 2.42. The van der Waals surface area contributed by atoms with E-state index in [0.29, 0.717) is 17.9 Å². The van der Waals surface area contributed by atoms with E-state index in [2.05, 4.69) is 12.2 Å². The lowest BCUT2D eigenvalue weighted by Crippen LogP contribution is -2.17. The van der Waals surface area contributed by atoms with E-state index in [1.807, 2.05) is 13.8 Å². The summed E-state index contributed by atoms with van der Waals surface area (Å²) in [4.78, 5) is 23.4. The van der Waals surface area contributed by atoms with E-state index in [1.54, 1.807) is 24.3 Å². The Morgan fingerprint density at radius 2 is 1.76 bits per heavy atom. The fourth-order valence-corrected chi connectivity index (χ4v) is 1.75. The van der Waals surface area contributed by atoms with Gasteiger partial charge in [-0.2, -0.15) is 0 Å². The molecule has 1 aromatic carbocycles. The molecule has 116 valence electrons. The molecule has 0 aliphatic carbocycles. The van der Waals surface area contributed by atoms with Gasteiger partial charge in [0.25, 0.3) is 0 Å². The van der Waals surface area contributed by atoms with E-state index in [4.69, 9.17) is 4.74 Å². The maximum atomic E-state index is 11.8. The fourth-order valence-electron chi connectivity index (χ4n) is 1.75. The maximum absolute atomic E-state index is 11.8. The van der Waals surface area contributed by atoms with E-state index >= 15 is 0 Å². The van der Waals surface area contributed by atoms with Crippen LogP contribution < -0.4 is 5.32 Å². The number of amides is 1. The van der Waals surface area contributed by atoms with Gasteiger partial charge in [0.05, 0.1) is 12.2 Å². The predicted octanol–water partition coefficient (Wildman–Crippen LogP) is 4.02. The van der Waals surface area contributed by atoms with E-state index in [-0.39, 0.29) is 17.8 Å². The van der Waals surface area contributed by atoms with Crippen molar-refractivity contribution in [2.24, 2.45) is 5.92 Å². The van der Waals surface area contributed by atoms with Crippen molar-refractivity contribution >= 4 is 17.6 Å². The average Bonchev–Trinajstić information content (AvgIpc) is 2.47. The third-order valence-electron chi connectivity index (χ3n) is 3.14. The molecule has 0 unspecified atom stereocenters. The number of anilines is 1. The molecule has 1 rings (SSSR count). The van der Waals surface area contributed by atoms with Crippen LogP contribution in [0.2, 0.25) is 0 Å². The number of hydrogen-bond acceptors (Lipinski definition) is 3. The van der Waals surface area contributed by atoms with Crippen molar-refractivity contribution in [3.05, 3.63) is 29.8 Å². The monoisotopic (exact) mass is 291 g/mol. The molecular weight excluding hydrogens is 266 g/mol. The Kier molecular flexibility index (Phi) is 7.51. The van der Waals surface area contributed by atoms with E-state index < -0.39 is 0 Å². The number of rotatable bonds is 8. The highest BCUT2D eigenvalue weighted by Crippen LogP contribution is 2.12. The van der Waals surface area contributed by atoms with E-state index in [1.165, 1.54) is 6.42 Å². The number of unbranched alkanes of at least 4 members (excludes halogenated alkanes) is 3. The normalized spacial score (nSPS) is 10.5. The van der Waals surface area contributed by atoms with Gasteiger partial charge in [-0.15, -0.1) is 0 Å². The number of ether oxygens (including phenoxy) is 1. The van der Waals surface area contributed by atoms with Gasteiger partial charge in [-0.3, -0.25) is 4.79 Å². The standard InChI is InChI=1S/C17H25NO3/c1-4-5-6-7-12-21-17(20)14-8-10-15(11-9-14)18-16(19)13(2)3/h8-11,13H,4-7,12H2,1-3H3,(H,18,19). The summed E-state index contributed by atoms with van der Waals surface area (Å²) in [5.74, 6) is -0.424. The first-order valence-electron chi connectivity index (χ1n) is 7.62. The summed E-state index contributed by atoms with van der Waals surface area (Å²) in [5, 5.41) is 2.78. The molecule has 0 saturated heterocycles. The summed E-state index contributed by atoms with van der Waals surface area (Å²) < 4.78 is 5.21. The summed E-state index contributed by atoms with van der Waals surface area (Å²) in [6.07, 6.45) is 4.32. The molecule has 4 nitrogen and oxygen atoms in total.